The number of anilines is 2. The van der Waals surface area contributed by atoms with Crippen molar-refractivity contribution in [2.24, 2.45) is 0 Å². The maximum Gasteiger partial charge on any atom is 0.258 e. The summed E-state index contributed by atoms with van der Waals surface area (Å²) >= 11 is 0. The average molecular weight is 480 g/mol. The van der Waals surface area contributed by atoms with E-state index in [2.05, 4.69) is 0 Å². The number of rotatable bonds is 6. The van der Waals surface area contributed by atoms with E-state index < -0.39 is 0 Å². The largest absolute Gasteiger partial charge is 0.457 e. The number of ether oxygens (including phenoxy) is 2. The molecule has 8 nitrogen and oxygen atoms in total. The molecule has 0 atom stereocenters. The van der Waals surface area contributed by atoms with Crippen LogP contribution in [0.15, 0.2) is 85.0 Å². The summed E-state index contributed by atoms with van der Waals surface area (Å²) in [7, 11) is 0. The smallest absolute Gasteiger partial charge is 0.258 e. The zero-order chi connectivity index (χ0) is 25.4. The standard InChI is InChI=1S/C28H20N2O6/c1-17-15-23(35-21-7-3-19(4-8-21)29-24(31)11-12-25(29)32)16-18(2)28(17)36-22-9-5-20(6-10-22)30-26(33)13-14-27(30)34/h3-16H,1-2H3. The lowest BCUT2D eigenvalue weighted by molar-refractivity contribution is -0.121. The average Bonchev–Trinajstić information content (AvgIpc) is 3.37. The summed E-state index contributed by atoms with van der Waals surface area (Å²) in [5.41, 5.74) is 2.64. The third-order valence-corrected chi connectivity index (χ3v) is 5.70. The highest BCUT2D eigenvalue weighted by Crippen LogP contribution is 2.35. The van der Waals surface area contributed by atoms with Gasteiger partial charge in [-0.15, -0.1) is 0 Å². The van der Waals surface area contributed by atoms with Crippen molar-refractivity contribution in [3.63, 3.8) is 0 Å². The predicted octanol–water partition coefficient (Wildman–Crippen LogP) is 4.75. The molecule has 0 saturated heterocycles. The van der Waals surface area contributed by atoms with E-state index >= 15 is 0 Å². The number of imide groups is 2. The van der Waals surface area contributed by atoms with E-state index in [1.165, 1.54) is 24.3 Å². The minimum absolute atomic E-state index is 0.374. The second-order valence-corrected chi connectivity index (χ2v) is 8.27. The quantitative estimate of drug-likeness (QED) is 0.473. The van der Waals surface area contributed by atoms with Crippen LogP contribution in [0.25, 0.3) is 0 Å². The van der Waals surface area contributed by atoms with E-state index in [0.29, 0.717) is 34.4 Å². The van der Waals surface area contributed by atoms with Crippen LogP contribution in [0.1, 0.15) is 11.1 Å². The van der Waals surface area contributed by atoms with Gasteiger partial charge in [0.25, 0.3) is 23.6 Å². The Bertz CT molecular complexity index is 1410. The maximum absolute atomic E-state index is 11.9. The zero-order valence-corrected chi connectivity index (χ0v) is 19.4. The molecule has 0 saturated carbocycles. The molecule has 0 radical (unpaired) electrons. The summed E-state index contributed by atoms with van der Waals surface area (Å²) in [6.07, 6.45) is 4.96. The topological polar surface area (TPSA) is 93.2 Å². The normalized spacial score (nSPS) is 14.8. The number of benzene rings is 3. The van der Waals surface area contributed by atoms with E-state index in [9.17, 15) is 19.2 Å². The van der Waals surface area contributed by atoms with E-state index in [-0.39, 0.29) is 23.6 Å². The lowest BCUT2D eigenvalue weighted by atomic mass is 10.1. The number of nitrogens with zero attached hydrogens (tertiary/aromatic N) is 2. The van der Waals surface area contributed by atoms with Crippen LogP contribution in [0.2, 0.25) is 0 Å². The first-order valence-electron chi connectivity index (χ1n) is 11.1. The predicted molar refractivity (Wildman–Crippen MR) is 132 cm³/mol. The fourth-order valence-electron chi connectivity index (χ4n) is 4.02. The first kappa shape index (κ1) is 22.8. The van der Waals surface area contributed by atoms with Gasteiger partial charge in [-0.3, -0.25) is 19.2 Å². The first-order chi connectivity index (χ1) is 17.3. The van der Waals surface area contributed by atoms with Gasteiger partial charge in [-0.2, -0.15) is 0 Å². The molecule has 2 aliphatic heterocycles. The molecule has 178 valence electrons. The first-order valence-corrected chi connectivity index (χ1v) is 11.1. The van der Waals surface area contributed by atoms with Crippen molar-refractivity contribution < 1.29 is 28.7 Å². The molecule has 4 amide bonds. The molecule has 0 aromatic heterocycles. The van der Waals surface area contributed by atoms with E-state index in [1.807, 2.05) is 26.0 Å². The van der Waals surface area contributed by atoms with Crippen molar-refractivity contribution in [3.8, 4) is 23.0 Å². The van der Waals surface area contributed by atoms with Gasteiger partial charge in [-0.25, -0.2) is 9.80 Å². The van der Waals surface area contributed by atoms with E-state index in [4.69, 9.17) is 9.47 Å². The highest BCUT2D eigenvalue weighted by atomic mass is 16.5. The van der Waals surface area contributed by atoms with Crippen molar-refractivity contribution in [2.45, 2.75) is 13.8 Å². The molecule has 0 fully saturated rings. The third kappa shape index (κ3) is 4.27. The van der Waals surface area contributed by atoms with Crippen molar-refractivity contribution in [2.75, 3.05) is 9.80 Å². The number of hydrogen-bond acceptors (Lipinski definition) is 6. The van der Waals surface area contributed by atoms with Gasteiger partial charge in [-0.05, 0) is 85.6 Å². The summed E-state index contributed by atoms with van der Waals surface area (Å²) in [6, 6.07) is 17.1. The van der Waals surface area contributed by atoms with Gasteiger partial charge >= 0.3 is 0 Å². The van der Waals surface area contributed by atoms with Crippen molar-refractivity contribution in [3.05, 3.63) is 96.1 Å². The van der Waals surface area contributed by atoms with Gasteiger partial charge in [-0.1, -0.05) is 0 Å². The van der Waals surface area contributed by atoms with Crippen LogP contribution in [-0.4, -0.2) is 23.6 Å². The molecule has 3 aromatic rings. The maximum atomic E-state index is 11.9. The summed E-state index contributed by atoms with van der Waals surface area (Å²) < 4.78 is 12.0. The van der Waals surface area contributed by atoms with Gasteiger partial charge in [0.1, 0.15) is 23.0 Å². The van der Waals surface area contributed by atoms with Crippen LogP contribution >= 0.6 is 0 Å². The molecule has 0 spiro atoms. The molecule has 0 aliphatic carbocycles. The van der Waals surface area contributed by atoms with Crippen molar-refractivity contribution in [1.29, 1.82) is 0 Å². The Labute approximate surface area is 206 Å². The summed E-state index contributed by atoms with van der Waals surface area (Å²) in [4.78, 5) is 49.6. The van der Waals surface area contributed by atoms with Crippen LogP contribution in [0.4, 0.5) is 11.4 Å². The molecule has 2 aliphatic rings. The van der Waals surface area contributed by atoms with E-state index in [1.54, 1.807) is 48.5 Å². The third-order valence-electron chi connectivity index (χ3n) is 5.70. The highest BCUT2D eigenvalue weighted by Gasteiger charge is 2.26. The fourth-order valence-corrected chi connectivity index (χ4v) is 4.02. The lowest BCUT2D eigenvalue weighted by Gasteiger charge is -2.17. The summed E-state index contributed by atoms with van der Waals surface area (Å²) in [6.45, 7) is 3.80. The molecule has 0 N–H and O–H groups in total. The molecule has 5 rings (SSSR count). The zero-order valence-electron chi connectivity index (χ0n) is 19.4. The number of carbonyl (C=O) groups is 4. The Morgan fingerprint density at radius 1 is 0.500 bits per heavy atom. The molecule has 2 heterocycles. The van der Waals surface area contributed by atoms with Crippen molar-refractivity contribution in [1.82, 2.24) is 0 Å². The Morgan fingerprint density at radius 2 is 0.861 bits per heavy atom. The van der Waals surface area contributed by atoms with Gasteiger partial charge in [0.15, 0.2) is 0 Å². The molecule has 3 aromatic carbocycles. The molecule has 0 bridgehead atoms. The summed E-state index contributed by atoms with van der Waals surface area (Å²) in [5, 5.41) is 0. The van der Waals surface area contributed by atoms with Crippen LogP contribution in [0, 0.1) is 13.8 Å². The Balaban J connectivity index is 1.28. The Kier molecular flexibility index (Phi) is 5.69. The van der Waals surface area contributed by atoms with Gasteiger partial charge in [0, 0.05) is 24.3 Å². The second kappa shape index (κ2) is 8.99. The highest BCUT2D eigenvalue weighted by molar-refractivity contribution is 6.28. The number of aryl methyl sites for hydroxylation is 2. The monoisotopic (exact) mass is 480 g/mol. The Morgan fingerprint density at radius 3 is 1.25 bits per heavy atom. The molecule has 8 heteroatoms. The van der Waals surface area contributed by atoms with Crippen LogP contribution in [0.3, 0.4) is 0 Å². The molecule has 36 heavy (non-hydrogen) atoms. The number of amides is 4. The molecular formula is C28H20N2O6. The van der Waals surface area contributed by atoms with Gasteiger partial charge in [0.05, 0.1) is 11.4 Å². The number of carbonyl (C=O) groups excluding carboxylic acids is 4. The minimum Gasteiger partial charge on any atom is -0.457 e. The minimum atomic E-state index is -0.375. The molecular weight excluding hydrogens is 460 g/mol. The Hall–Kier alpha value is -4.98. The van der Waals surface area contributed by atoms with E-state index in [0.717, 1.165) is 20.9 Å². The van der Waals surface area contributed by atoms with Crippen LogP contribution in [-0.2, 0) is 19.2 Å². The lowest BCUT2D eigenvalue weighted by Crippen LogP contribution is -2.29. The van der Waals surface area contributed by atoms with Crippen molar-refractivity contribution >= 4 is 35.0 Å². The number of hydrogen-bond donors (Lipinski definition) is 0. The molecule has 0 unspecified atom stereocenters. The fraction of sp³-hybridized carbons (Fsp3) is 0.0714. The SMILES string of the molecule is Cc1cc(Oc2ccc(N3C(=O)C=CC3=O)cc2)cc(C)c1Oc1ccc(N2C(=O)C=CC2=O)cc1. The summed E-state index contributed by atoms with van der Waals surface area (Å²) in [5.74, 6) is 0.880. The second-order valence-electron chi connectivity index (χ2n) is 8.27. The van der Waals surface area contributed by atoms with Gasteiger partial charge in [0.2, 0.25) is 0 Å². The van der Waals surface area contributed by atoms with Crippen LogP contribution < -0.4 is 19.3 Å². The van der Waals surface area contributed by atoms with Crippen LogP contribution in [0.5, 0.6) is 23.0 Å². The van der Waals surface area contributed by atoms with Gasteiger partial charge < -0.3 is 9.47 Å².